The molecule has 0 radical (unpaired) electrons. The van der Waals surface area contributed by atoms with Gasteiger partial charge in [0.1, 0.15) is 17.2 Å². The maximum atomic E-state index is 13.0. The van der Waals surface area contributed by atoms with E-state index in [1.165, 1.54) is 6.42 Å². The van der Waals surface area contributed by atoms with Crippen molar-refractivity contribution in [2.75, 3.05) is 13.2 Å². The van der Waals surface area contributed by atoms with Crippen LogP contribution in [0.15, 0.2) is 22.3 Å². The highest BCUT2D eigenvalue weighted by molar-refractivity contribution is 9.10. The van der Waals surface area contributed by atoms with Gasteiger partial charge in [-0.15, -0.1) is 0 Å². The molecule has 1 saturated carbocycles. The quantitative estimate of drug-likeness (QED) is 0.503. The molecule has 7 heteroatoms. The van der Waals surface area contributed by atoms with Crippen LogP contribution in [-0.4, -0.2) is 35.2 Å². The van der Waals surface area contributed by atoms with E-state index in [1.807, 2.05) is 32.1 Å². The number of ether oxygens (including phenoxy) is 2. The second kappa shape index (κ2) is 9.06. The Morgan fingerprint density at radius 1 is 1.19 bits per heavy atom. The van der Waals surface area contributed by atoms with Gasteiger partial charge in [-0.25, -0.2) is 0 Å². The Hall–Kier alpha value is -1.60. The number of hydrogen-bond donors (Lipinski definition) is 1. The molecule has 0 spiro atoms. The van der Waals surface area contributed by atoms with Crippen molar-refractivity contribution in [2.45, 2.75) is 52.0 Å². The fraction of sp³-hybridized carbons (Fsp3) is 0.500. The van der Waals surface area contributed by atoms with Gasteiger partial charge in [0.05, 0.1) is 17.7 Å². The third-order valence-electron chi connectivity index (χ3n) is 4.81. The highest BCUT2D eigenvalue weighted by Crippen LogP contribution is 2.35. The van der Waals surface area contributed by atoms with Gasteiger partial charge in [-0.2, -0.15) is 0 Å². The van der Waals surface area contributed by atoms with Crippen molar-refractivity contribution in [1.29, 1.82) is 0 Å². The maximum absolute atomic E-state index is 13.0. The molecule has 0 aromatic heterocycles. The number of nitrogens with zero attached hydrogens (tertiary/aromatic N) is 1. The Kier molecular flexibility index (Phi) is 6.76. The lowest BCUT2D eigenvalue weighted by molar-refractivity contribution is -0.124. The first-order chi connectivity index (χ1) is 13.0. The van der Waals surface area contributed by atoms with E-state index in [9.17, 15) is 4.79 Å². The summed E-state index contributed by atoms with van der Waals surface area (Å²) >= 11 is 8.98. The van der Waals surface area contributed by atoms with Crippen LogP contribution >= 0.6 is 28.1 Å². The minimum Gasteiger partial charge on any atom is -0.493 e. The van der Waals surface area contributed by atoms with Crippen LogP contribution in [0, 0.1) is 0 Å². The Labute approximate surface area is 174 Å². The molecule has 1 aromatic carbocycles. The molecule has 0 atom stereocenters. The van der Waals surface area contributed by atoms with Crippen LogP contribution in [0.3, 0.4) is 0 Å². The van der Waals surface area contributed by atoms with Gasteiger partial charge >= 0.3 is 0 Å². The van der Waals surface area contributed by atoms with Gasteiger partial charge in [0.15, 0.2) is 5.11 Å². The molecule has 1 amide bonds. The number of halogens is 1. The largest absolute Gasteiger partial charge is 0.493 e. The zero-order valence-corrected chi connectivity index (χ0v) is 18.1. The van der Waals surface area contributed by atoms with Crippen LogP contribution in [0.5, 0.6) is 11.5 Å². The van der Waals surface area contributed by atoms with Crippen molar-refractivity contribution in [3.05, 3.63) is 27.9 Å². The van der Waals surface area contributed by atoms with E-state index in [0.717, 1.165) is 35.7 Å². The van der Waals surface area contributed by atoms with Crippen LogP contribution in [0.1, 0.15) is 51.5 Å². The van der Waals surface area contributed by atoms with E-state index in [0.29, 0.717) is 35.5 Å². The lowest BCUT2D eigenvalue weighted by atomic mass is 9.94. The first-order valence-corrected chi connectivity index (χ1v) is 10.7. The van der Waals surface area contributed by atoms with Gasteiger partial charge in [0.25, 0.3) is 5.91 Å². The molecular formula is C20H25BrN2O3S. The molecular weight excluding hydrogens is 428 g/mol. The summed E-state index contributed by atoms with van der Waals surface area (Å²) in [6, 6.07) is 3.96. The normalized spacial score (nSPS) is 19.5. The number of amides is 1. The molecule has 1 heterocycles. The third-order valence-corrected chi connectivity index (χ3v) is 5.73. The van der Waals surface area contributed by atoms with Crippen molar-refractivity contribution in [1.82, 2.24) is 10.2 Å². The fourth-order valence-electron chi connectivity index (χ4n) is 3.58. The second-order valence-corrected chi connectivity index (χ2v) is 7.88. The molecule has 2 fully saturated rings. The molecule has 5 nitrogen and oxygen atoms in total. The summed E-state index contributed by atoms with van der Waals surface area (Å²) in [5.41, 5.74) is 1.29. The SMILES string of the molecule is CCOc1cc(OCC)c(/C=C2\NC(=S)N(C3CCCCC3)C2=O)cc1Br. The van der Waals surface area contributed by atoms with E-state index < -0.39 is 0 Å². The fourth-order valence-corrected chi connectivity index (χ4v) is 4.40. The number of carbonyl (C=O) groups is 1. The molecule has 1 N–H and O–H groups in total. The molecule has 1 aliphatic carbocycles. The van der Waals surface area contributed by atoms with Gasteiger partial charge in [-0.1, -0.05) is 19.3 Å². The Morgan fingerprint density at radius 3 is 2.52 bits per heavy atom. The second-order valence-electron chi connectivity index (χ2n) is 6.64. The Morgan fingerprint density at radius 2 is 1.85 bits per heavy atom. The lowest BCUT2D eigenvalue weighted by Gasteiger charge is -2.29. The predicted molar refractivity (Wildman–Crippen MR) is 114 cm³/mol. The van der Waals surface area contributed by atoms with Crippen LogP contribution in [0.25, 0.3) is 6.08 Å². The van der Waals surface area contributed by atoms with Crippen molar-refractivity contribution in [3.8, 4) is 11.5 Å². The number of nitrogens with one attached hydrogen (secondary N) is 1. The van der Waals surface area contributed by atoms with Crippen LogP contribution < -0.4 is 14.8 Å². The van der Waals surface area contributed by atoms with Crippen molar-refractivity contribution in [3.63, 3.8) is 0 Å². The van der Waals surface area contributed by atoms with Gasteiger partial charge < -0.3 is 14.8 Å². The predicted octanol–water partition coefficient (Wildman–Crippen LogP) is 4.64. The monoisotopic (exact) mass is 452 g/mol. The van der Waals surface area contributed by atoms with E-state index in [4.69, 9.17) is 21.7 Å². The van der Waals surface area contributed by atoms with Crippen LogP contribution in [0.2, 0.25) is 0 Å². The molecule has 1 aromatic rings. The van der Waals surface area contributed by atoms with Gasteiger partial charge in [0.2, 0.25) is 0 Å². The maximum Gasteiger partial charge on any atom is 0.276 e. The molecule has 146 valence electrons. The summed E-state index contributed by atoms with van der Waals surface area (Å²) in [4.78, 5) is 14.7. The summed E-state index contributed by atoms with van der Waals surface area (Å²) in [5.74, 6) is 1.33. The van der Waals surface area contributed by atoms with E-state index in [1.54, 1.807) is 4.90 Å². The van der Waals surface area contributed by atoms with Crippen molar-refractivity contribution in [2.24, 2.45) is 0 Å². The number of thiocarbonyl (C=S) groups is 1. The molecule has 2 aliphatic rings. The van der Waals surface area contributed by atoms with E-state index in [2.05, 4.69) is 21.2 Å². The lowest BCUT2D eigenvalue weighted by Crippen LogP contribution is -2.41. The topological polar surface area (TPSA) is 50.8 Å². The third kappa shape index (κ3) is 4.46. The number of rotatable bonds is 6. The number of benzene rings is 1. The average Bonchev–Trinajstić information content (AvgIpc) is 2.93. The summed E-state index contributed by atoms with van der Waals surface area (Å²) in [7, 11) is 0. The summed E-state index contributed by atoms with van der Waals surface area (Å²) in [5, 5.41) is 3.60. The highest BCUT2D eigenvalue weighted by Gasteiger charge is 2.36. The van der Waals surface area contributed by atoms with Gasteiger partial charge in [0, 0.05) is 17.7 Å². The zero-order valence-electron chi connectivity index (χ0n) is 15.7. The van der Waals surface area contributed by atoms with Crippen LogP contribution in [-0.2, 0) is 4.79 Å². The van der Waals surface area contributed by atoms with Gasteiger partial charge in [-0.05, 0) is 67.0 Å². The molecule has 27 heavy (non-hydrogen) atoms. The van der Waals surface area contributed by atoms with Crippen molar-refractivity contribution < 1.29 is 14.3 Å². The Balaban J connectivity index is 1.90. The Bertz CT molecular complexity index is 760. The first-order valence-electron chi connectivity index (χ1n) is 9.50. The van der Waals surface area contributed by atoms with E-state index in [-0.39, 0.29) is 11.9 Å². The molecule has 0 bridgehead atoms. The average molecular weight is 453 g/mol. The van der Waals surface area contributed by atoms with E-state index >= 15 is 0 Å². The number of carbonyl (C=O) groups excluding carboxylic acids is 1. The summed E-state index contributed by atoms with van der Waals surface area (Å²) in [6.07, 6.45) is 7.37. The standard InChI is InChI=1S/C20H25BrN2O3S/c1-3-25-17-12-18(26-4-2)15(21)10-13(17)11-16-19(24)23(20(27)22-16)14-8-6-5-7-9-14/h10-12,14H,3-9H2,1-2H3,(H,22,27)/b16-11-. The first kappa shape index (κ1) is 20.1. The highest BCUT2D eigenvalue weighted by atomic mass is 79.9. The minimum atomic E-state index is -0.0562. The minimum absolute atomic E-state index is 0.0562. The van der Waals surface area contributed by atoms with Crippen LogP contribution in [0.4, 0.5) is 0 Å². The molecule has 0 unspecified atom stereocenters. The number of hydrogen-bond acceptors (Lipinski definition) is 4. The molecule has 3 rings (SSSR count). The molecule has 1 aliphatic heterocycles. The zero-order chi connectivity index (χ0) is 19.4. The van der Waals surface area contributed by atoms with Crippen molar-refractivity contribution >= 4 is 45.2 Å². The molecule has 1 saturated heterocycles. The summed E-state index contributed by atoms with van der Waals surface area (Å²) in [6.45, 7) is 4.95. The summed E-state index contributed by atoms with van der Waals surface area (Å²) < 4.78 is 12.2. The van der Waals surface area contributed by atoms with Gasteiger partial charge in [-0.3, -0.25) is 9.69 Å². The smallest absolute Gasteiger partial charge is 0.276 e.